The maximum Gasteiger partial charge on any atom is 0.222 e. The third-order valence-corrected chi connectivity index (χ3v) is 4.71. The molecule has 1 saturated heterocycles. The Morgan fingerprint density at radius 1 is 1.15 bits per heavy atom. The molecule has 0 aliphatic carbocycles. The molecule has 0 radical (unpaired) electrons. The number of carbonyl (C=O) groups is 1. The maximum atomic E-state index is 11.9. The first-order valence-corrected chi connectivity index (χ1v) is 7.44. The highest BCUT2D eigenvalue weighted by atomic mass is 16.1. The first-order valence-electron chi connectivity index (χ1n) is 7.44. The van der Waals surface area contributed by atoms with Crippen molar-refractivity contribution < 1.29 is 4.79 Å². The Hall–Kier alpha value is -1.35. The van der Waals surface area contributed by atoms with Gasteiger partial charge in [-0.1, -0.05) is 19.1 Å². The molecular formula is C17H26N2O. The summed E-state index contributed by atoms with van der Waals surface area (Å²) in [6.45, 7) is 10.7. The number of hydrogen-bond donors (Lipinski definition) is 2. The molecule has 1 amide bonds. The van der Waals surface area contributed by atoms with Gasteiger partial charge < -0.3 is 11.1 Å². The summed E-state index contributed by atoms with van der Waals surface area (Å²) in [7, 11) is 0. The molecule has 3 heteroatoms. The van der Waals surface area contributed by atoms with Crippen LogP contribution in [0.4, 0.5) is 0 Å². The molecule has 1 heterocycles. The third-order valence-electron chi connectivity index (χ3n) is 4.71. The Bertz CT molecular complexity index is 524. The Balaban J connectivity index is 2.47. The lowest BCUT2D eigenvalue weighted by Crippen LogP contribution is -2.49. The molecule has 20 heavy (non-hydrogen) atoms. The Labute approximate surface area is 121 Å². The average molecular weight is 274 g/mol. The minimum Gasteiger partial charge on any atom is -0.369 e. The quantitative estimate of drug-likeness (QED) is 0.871. The van der Waals surface area contributed by atoms with Gasteiger partial charge in [0.1, 0.15) is 0 Å². The molecule has 4 atom stereocenters. The lowest BCUT2D eigenvalue weighted by Gasteiger charge is -2.40. The van der Waals surface area contributed by atoms with Crippen LogP contribution >= 0.6 is 0 Å². The monoisotopic (exact) mass is 274 g/mol. The second-order valence-corrected chi connectivity index (χ2v) is 6.48. The fraction of sp³-hybridized carbons (Fsp3) is 0.588. The van der Waals surface area contributed by atoms with E-state index in [2.05, 4.69) is 52.1 Å². The molecule has 4 unspecified atom stereocenters. The van der Waals surface area contributed by atoms with Crippen LogP contribution in [0.1, 0.15) is 48.6 Å². The van der Waals surface area contributed by atoms with E-state index >= 15 is 0 Å². The molecule has 2 rings (SSSR count). The summed E-state index contributed by atoms with van der Waals surface area (Å²) in [5.41, 5.74) is 10.7. The summed E-state index contributed by atoms with van der Waals surface area (Å²) in [6.07, 6.45) is 0.994. The van der Waals surface area contributed by atoms with Gasteiger partial charge in [0.15, 0.2) is 0 Å². The predicted molar refractivity (Wildman–Crippen MR) is 82.5 cm³/mol. The van der Waals surface area contributed by atoms with Crippen molar-refractivity contribution in [2.45, 2.75) is 53.1 Å². The van der Waals surface area contributed by atoms with Gasteiger partial charge in [0, 0.05) is 12.1 Å². The van der Waals surface area contributed by atoms with E-state index < -0.39 is 0 Å². The number of nitrogens with one attached hydrogen (secondary N) is 1. The topological polar surface area (TPSA) is 55.1 Å². The van der Waals surface area contributed by atoms with Crippen molar-refractivity contribution in [3.63, 3.8) is 0 Å². The molecule has 1 fully saturated rings. The molecule has 1 aromatic rings. The smallest absolute Gasteiger partial charge is 0.222 e. The number of benzene rings is 1. The van der Waals surface area contributed by atoms with Crippen LogP contribution in [0.3, 0.4) is 0 Å². The van der Waals surface area contributed by atoms with E-state index in [1.807, 2.05) is 0 Å². The zero-order valence-electron chi connectivity index (χ0n) is 13.2. The van der Waals surface area contributed by atoms with Gasteiger partial charge in [-0.05, 0) is 62.3 Å². The Kier molecular flexibility index (Phi) is 4.19. The van der Waals surface area contributed by atoms with Crippen molar-refractivity contribution in [1.29, 1.82) is 0 Å². The summed E-state index contributed by atoms with van der Waals surface area (Å²) in [4.78, 5) is 11.9. The number of hydrogen-bond acceptors (Lipinski definition) is 2. The zero-order chi connectivity index (χ0) is 15.0. The zero-order valence-corrected chi connectivity index (χ0v) is 13.2. The van der Waals surface area contributed by atoms with Gasteiger partial charge in [0.2, 0.25) is 5.91 Å². The molecule has 1 aliphatic rings. The van der Waals surface area contributed by atoms with Crippen molar-refractivity contribution in [3.8, 4) is 0 Å². The molecule has 0 spiro atoms. The second kappa shape index (κ2) is 5.57. The van der Waals surface area contributed by atoms with Gasteiger partial charge >= 0.3 is 0 Å². The molecule has 0 aromatic heterocycles. The molecule has 110 valence electrons. The number of amides is 1. The predicted octanol–water partition coefficient (Wildman–Crippen LogP) is 2.77. The Morgan fingerprint density at radius 2 is 1.75 bits per heavy atom. The highest BCUT2D eigenvalue weighted by Gasteiger charge is 2.38. The minimum atomic E-state index is -0.195. The molecule has 1 aliphatic heterocycles. The van der Waals surface area contributed by atoms with Gasteiger partial charge in [-0.15, -0.1) is 0 Å². The number of primary amides is 1. The number of piperidine rings is 1. The number of carbonyl (C=O) groups excluding carboxylic acids is 1. The fourth-order valence-electron chi connectivity index (χ4n) is 3.56. The molecule has 0 bridgehead atoms. The van der Waals surface area contributed by atoms with E-state index in [1.54, 1.807) is 0 Å². The number of nitrogens with two attached hydrogens (primary N) is 1. The Morgan fingerprint density at radius 3 is 2.35 bits per heavy atom. The molecule has 3 N–H and O–H groups in total. The summed E-state index contributed by atoms with van der Waals surface area (Å²) in [5, 5.41) is 3.58. The van der Waals surface area contributed by atoms with Crippen LogP contribution in [-0.4, -0.2) is 11.9 Å². The largest absolute Gasteiger partial charge is 0.369 e. The lowest BCUT2D eigenvalue weighted by atomic mass is 9.75. The van der Waals surface area contributed by atoms with Crippen molar-refractivity contribution in [2.24, 2.45) is 17.6 Å². The van der Waals surface area contributed by atoms with E-state index in [1.165, 1.54) is 22.3 Å². The number of aryl methyl sites for hydroxylation is 3. The van der Waals surface area contributed by atoms with Crippen LogP contribution in [0, 0.1) is 32.6 Å². The van der Waals surface area contributed by atoms with Gasteiger partial charge in [0.05, 0.1) is 5.92 Å². The third kappa shape index (κ3) is 2.73. The van der Waals surface area contributed by atoms with Crippen LogP contribution in [0.15, 0.2) is 12.1 Å². The van der Waals surface area contributed by atoms with Crippen LogP contribution in [0.5, 0.6) is 0 Å². The molecule has 0 saturated carbocycles. The molecule has 1 aromatic carbocycles. The summed E-state index contributed by atoms with van der Waals surface area (Å²) < 4.78 is 0. The number of rotatable bonds is 2. The van der Waals surface area contributed by atoms with E-state index in [9.17, 15) is 4.79 Å². The normalized spacial score (nSPS) is 30.2. The standard InChI is InChI=1S/C17H26N2O/c1-9-6-11(3)14(8-10(9)2)16-15(17(18)20)12(4)7-13(5)19-16/h6,8,12-13,15-16,19H,7H2,1-5H3,(H2,18,20). The second-order valence-electron chi connectivity index (χ2n) is 6.48. The molecular weight excluding hydrogens is 248 g/mol. The van der Waals surface area contributed by atoms with E-state index in [4.69, 9.17) is 5.73 Å². The van der Waals surface area contributed by atoms with E-state index in [0.717, 1.165) is 6.42 Å². The minimum absolute atomic E-state index is 0.0329. The van der Waals surface area contributed by atoms with Gasteiger partial charge in [-0.3, -0.25) is 4.79 Å². The van der Waals surface area contributed by atoms with Crippen molar-refractivity contribution >= 4 is 5.91 Å². The summed E-state index contributed by atoms with van der Waals surface area (Å²) >= 11 is 0. The first kappa shape index (κ1) is 15.0. The van der Waals surface area contributed by atoms with Crippen LogP contribution in [0.25, 0.3) is 0 Å². The average Bonchev–Trinajstić information content (AvgIpc) is 2.32. The van der Waals surface area contributed by atoms with Crippen molar-refractivity contribution in [2.75, 3.05) is 0 Å². The van der Waals surface area contributed by atoms with Gasteiger partial charge in [0.25, 0.3) is 0 Å². The SMILES string of the molecule is Cc1cc(C)c(C2NC(C)CC(C)C2C(N)=O)cc1C. The highest BCUT2D eigenvalue weighted by molar-refractivity contribution is 5.78. The lowest BCUT2D eigenvalue weighted by molar-refractivity contribution is -0.125. The van der Waals surface area contributed by atoms with Crippen molar-refractivity contribution in [1.82, 2.24) is 5.32 Å². The van der Waals surface area contributed by atoms with Crippen LogP contribution < -0.4 is 11.1 Å². The van der Waals surface area contributed by atoms with E-state index in [0.29, 0.717) is 12.0 Å². The van der Waals surface area contributed by atoms with Gasteiger partial charge in [-0.25, -0.2) is 0 Å². The maximum absolute atomic E-state index is 11.9. The van der Waals surface area contributed by atoms with E-state index in [-0.39, 0.29) is 17.9 Å². The first-order chi connectivity index (χ1) is 9.31. The summed E-state index contributed by atoms with van der Waals surface area (Å²) in [6, 6.07) is 4.86. The van der Waals surface area contributed by atoms with Gasteiger partial charge in [-0.2, -0.15) is 0 Å². The van der Waals surface area contributed by atoms with Crippen LogP contribution in [-0.2, 0) is 4.79 Å². The fourth-order valence-corrected chi connectivity index (χ4v) is 3.56. The van der Waals surface area contributed by atoms with Crippen LogP contribution in [0.2, 0.25) is 0 Å². The van der Waals surface area contributed by atoms with Crippen molar-refractivity contribution in [3.05, 3.63) is 34.4 Å². The highest BCUT2D eigenvalue weighted by Crippen LogP contribution is 2.37. The summed E-state index contributed by atoms with van der Waals surface area (Å²) in [5.74, 6) is -0.0127. The molecule has 3 nitrogen and oxygen atoms in total.